The van der Waals surface area contributed by atoms with Gasteiger partial charge in [0.2, 0.25) is 0 Å². The highest BCUT2D eigenvalue weighted by Crippen LogP contribution is 2.29. The van der Waals surface area contributed by atoms with Crippen molar-refractivity contribution in [2.24, 2.45) is 0 Å². The van der Waals surface area contributed by atoms with E-state index in [1.165, 1.54) is 12.1 Å². The van der Waals surface area contributed by atoms with Crippen LogP contribution in [-0.2, 0) is 0 Å². The van der Waals surface area contributed by atoms with Crippen molar-refractivity contribution in [3.63, 3.8) is 0 Å². The van der Waals surface area contributed by atoms with Crippen molar-refractivity contribution in [1.29, 1.82) is 0 Å². The predicted molar refractivity (Wildman–Crippen MR) is 79.9 cm³/mol. The minimum atomic E-state index is -0.296. The fraction of sp³-hybridized carbons (Fsp3) is 0.250. The molecule has 2 aromatic rings. The average Bonchev–Trinajstić information content (AvgIpc) is 2.45. The van der Waals surface area contributed by atoms with Crippen LogP contribution < -0.4 is 10.1 Å². The van der Waals surface area contributed by atoms with Crippen LogP contribution in [0.3, 0.4) is 0 Å². The van der Waals surface area contributed by atoms with Gasteiger partial charge in [-0.1, -0.05) is 23.7 Å². The molecule has 2 rings (SSSR count). The van der Waals surface area contributed by atoms with E-state index < -0.39 is 0 Å². The predicted octanol–water partition coefficient (Wildman–Crippen LogP) is 4.19. The molecule has 106 valence electrons. The summed E-state index contributed by atoms with van der Waals surface area (Å²) in [5.74, 6) is 0.520. The minimum absolute atomic E-state index is 0.158. The Labute approximate surface area is 123 Å². The summed E-state index contributed by atoms with van der Waals surface area (Å²) in [6.45, 7) is 2.57. The lowest BCUT2D eigenvalue weighted by molar-refractivity contribution is 0.340. The summed E-state index contributed by atoms with van der Waals surface area (Å²) < 4.78 is 18.8. The lowest BCUT2D eigenvalue weighted by Crippen LogP contribution is -2.18. The van der Waals surface area contributed by atoms with Gasteiger partial charge in [-0.15, -0.1) is 0 Å². The van der Waals surface area contributed by atoms with Crippen molar-refractivity contribution in [2.75, 3.05) is 13.7 Å². The third-order valence-corrected chi connectivity index (χ3v) is 3.43. The maximum Gasteiger partial charge on any atom is 0.123 e. The second-order valence-corrected chi connectivity index (χ2v) is 4.80. The Kier molecular flexibility index (Phi) is 4.99. The van der Waals surface area contributed by atoms with Crippen LogP contribution in [0.1, 0.15) is 24.1 Å². The number of nitrogens with one attached hydrogen (secondary N) is 1. The van der Waals surface area contributed by atoms with Gasteiger partial charge in [0, 0.05) is 5.02 Å². The molecule has 0 spiro atoms. The number of hydrogen-bond donors (Lipinski definition) is 1. The summed E-state index contributed by atoms with van der Waals surface area (Å²) in [6, 6.07) is 11.9. The zero-order valence-electron chi connectivity index (χ0n) is 11.5. The van der Waals surface area contributed by atoms with Crippen LogP contribution in [0.2, 0.25) is 5.02 Å². The van der Waals surface area contributed by atoms with E-state index in [2.05, 4.69) is 5.32 Å². The maximum absolute atomic E-state index is 13.4. The Morgan fingerprint density at radius 1 is 1.20 bits per heavy atom. The molecule has 1 unspecified atom stereocenters. The van der Waals surface area contributed by atoms with E-state index in [0.29, 0.717) is 11.6 Å². The van der Waals surface area contributed by atoms with E-state index in [-0.39, 0.29) is 11.9 Å². The Bertz CT molecular complexity index is 571. The topological polar surface area (TPSA) is 21.3 Å². The lowest BCUT2D eigenvalue weighted by Gasteiger charge is -2.19. The molecule has 0 amide bonds. The zero-order valence-corrected chi connectivity index (χ0v) is 12.2. The van der Waals surface area contributed by atoms with Crippen LogP contribution >= 0.6 is 11.6 Å². The summed E-state index contributed by atoms with van der Waals surface area (Å²) in [4.78, 5) is 0. The van der Waals surface area contributed by atoms with Gasteiger partial charge >= 0.3 is 0 Å². The van der Waals surface area contributed by atoms with Crippen molar-refractivity contribution < 1.29 is 9.13 Å². The van der Waals surface area contributed by atoms with E-state index in [1.807, 2.05) is 38.2 Å². The first-order valence-corrected chi connectivity index (χ1v) is 6.88. The highest BCUT2D eigenvalue weighted by atomic mass is 35.5. The van der Waals surface area contributed by atoms with Crippen molar-refractivity contribution in [3.8, 4) is 5.75 Å². The number of benzene rings is 2. The molecule has 0 aliphatic heterocycles. The molecule has 20 heavy (non-hydrogen) atoms. The van der Waals surface area contributed by atoms with Crippen molar-refractivity contribution in [1.82, 2.24) is 5.32 Å². The Hall–Kier alpha value is -1.58. The Balaban J connectivity index is 2.34. The van der Waals surface area contributed by atoms with Crippen molar-refractivity contribution in [3.05, 3.63) is 64.4 Å². The molecule has 0 radical (unpaired) electrons. The van der Waals surface area contributed by atoms with Crippen LogP contribution in [0.15, 0.2) is 42.5 Å². The SMILES string of the molecule is CCOc1ccc(C(NC)c2cc(F)ccc2Cl)cc1. The first kappa shape index (κ1) is 14.8. The standard InChI is InChI=1S/C16H17ClFNO/c1-3-20-13-7-4-11(5-8-13)16(19-2)14-10-12(18)6-9-15(14)17/h4-10,16,19H,3H2,1-2H3. The second kappa shape index (κ2) is 6.73. The first-order chi connectivity index (χ1) is 9.65. The highest BCUT2D eigenvalue weighted by Gasteiger charge is 2.16. The van der Waals surface area contributed by atoms with Gasteiger partial charge in [0.15, 0.2) is 0 Å². The fourth-order valence-electron chi connectivity index (χ4n) is 2.16. The van der Waals surface area contributed by atoms with Crippen LogP contribution in [-0.4, -0.2) is 13.7 Å². The molecule has 0 heterocycles. The normalized spacial score (nSPS) is 12.2. The monoisotopic (exact) mass is 293 g/mol. The van der Waals surface area contributed by atoms with Gasteiger partial charge < -0.3 is 10.1 Å². The third kappa shape index (κ3) is 3.30. The van der Waals surface area contributed by atoms with E-state index in [0.717, 1.165) is 16.9 Å². The summed E-state index contributed by atoms with van der Waals surface area (Å²) in [5.41, 5.74) is 1.72. The van der Waals surface area contributed by atoms with E-state index in [9.17, 15) is 4.39 Å². The molecule has 2 aromatic carbocycles. The Morgan fingerprint density at radius 3 is 2.50 bits per heavy atom. The molecular weight excluding hydrogens is 277 g/mol. The average molecular weight is 294 g/mol. The molecular formula is C16H17ClFNO. The van der Waals surface area contributed by atoms with Crippen LogP contribution in [0.25, 0.3) is 0 Å². The second-order valence-electron chi connectivity index (χ2n) is 4.39. The smallest absolute Gasteiger partial charge is 0.123 e. The molecule has 2 nitrogen and oxygen atoms in total. The van der Waals surface area contributed by atoms with Gasteiger partial charge in [0.05, 0.1) is 12.6 Å². The summed E-state index contributed by atoms with van der Waals surface area (Å²) in [5, 5.41) is 3.70. The molecule has 1 N–H and O–H groups in total. The largest absolute Gasteiger partial charge is 0.494 e. The lowest BCUT2D eigenvalue weighted by atomic mass is 9.98. The molecule has 0 bridgehead atoms. The van der Waals surface area contributed by atoms with E-state index in [1.54, 1.807) is 6.07 Å². The van der Waals surface area contributed by atoms with Crippen LogP contribution in [0.4, 0.5) is 4.39 Å². The molecule has 0 fully saturated rings. The fourth-order valence-corrected chi connectivity index (χ4v) is 2.39. The van der Waals surface area contributed by atoms with Crippen LogP contribution in [0, 0.1) is 5.82 Å². The van der Waals surface area contributed by atoms with E-state index in [4.69, 9.17) is 16.3 Å². The molecule has 0 aromatic heterocycles. The molecule has 4 heteroatoms. The summed E-state index contributed by atoms with van der Waals surface area (Å²) in [6.07, 6.45) is 0. The van der Waals surface area contributed by atoms with Gasteiger partial charge in [-0.25, -0.2) is 4.39 Å². The van der Waals surface area contributed by atoms with Gasteiger partial charge in [-0.05, 0) is 55.4 Å². The highest BCUT2D eigenvalue weighted by molar-refractivity contribution is 6.31. The zero-order chi connectivity index (χ0) is 14.5. The number of rotatable bonds is 5. The number of hydrogen-bond acceptors (Lipinski definition) is 2. The maximum atomic E-state index is 13.4. The summed E-state index contributed by atoms with van der Waals surface area (Å²) in [7, 11) is 1.82. The molecule has 0 saturated carbocycles. The van der Waals surface area contributed by atoms with Crippen LogP contribution in [0.5, 0.6) is 5.75 Å². The van der Waals surface area contributed by atoms with Crippen molar-refractivity contribution in [2.45, 2.75) is 13.0 Å². The number of halogens is 2. The third-order valence-electron chi connectivity index (χ3n) is 3.08. The van der Waals surface area contributed by atoms with Gasteiger partial charge in [-0.3, -0.25) is 0 Å². The van der Waals surface area contributed by atoms with Gasteiger partial charge in [0.25, 0.3) is 0 Å². The van der Waals surface area contributed by atoms with Gasteiger partial charge in [-0.2, -0.15) is 0 Å². The quantitative estimate of drug-likeness (QED) is 0.892. The molecule has 0 aliphatic carbocycles. The number of ether oxygens (including phenoxy) is 1. The Morgan fingerprint density at radius 2 is 1.90 bits per heavy atom. The molecule has 1 atom stereocenters. The van der Waals surface area contributed by atoms with E-state index >= 15 is 0 Å². The molecule has 0 aliphatic rings. The molecule has 0 saturated heterocycles. The minimum Gasteiger partial charge on any atom is -0.494 e. The van der Waals surface area contributed by atoms with Crippen molar-refractivity contribution >= 4 is 11.6 Å². The summed E-state index contributed by atoms with van der Waals surface area (Å²) >= 11 is 6.17. The first-order valence-electron chi connectivity index (χ1n) is 6.50. The van der Waals surface area contributed by atoms with Gasteiger partial charge in [0.1, 0.15) is 11.6 Å².